The molecule has 3 N–H and O–H groups in total. The zero-order valence-corrected chi connectivity index (χ0v) is 11.8. The summed E-state index contributed by atoms with van der Waals surface area (Å²) in [5.41, 5.74) is 6.86. The summed E-state index contributed by atoms with van der Waals surface area (Å²) in [6, 6.07) is 9.81. The van der Waals surface area contributed by atoms with Gasteiger partial charge in [0.25, 0.3) is 5.91 Å². The van der Waals surface area contributed by atoms with Crippen LogP contribution in [0.15, 0.2) is 35.7 Å². The zero-order valence-electron chi connectivity index (χ0n) is 11.0. The number of amides is 1. The van der Waals surface area contributed by atoms with Crippen molar-refractivity contribution in [3.63, 3.8) is 0 Å². The van der Waals surface area contributed by atoms with Crippen LogP contribution < -0.4 is 11.1 Å². The second-order valence-electron chi connectivity index (χ2n) is 5.08. The molecule has 100 valence electrons. The van der Waals surface area contributed by atoms with Gasteiger partial charge < -0.3 is 11.1 Å². The van der Waals surface area contributed by atoms with Crippen molar-refractivity contribution in [2.75, 3.05) is 6.54 Å². The maximum atomic E-state index is 11.9. The van der Waals surface area contributed by atoms with Gasteiger partial charge in [-0.25, -0.2) is 4.98 Å². The van der Waals surface area contributed by atoms with E-state index >= 15 is 0 Å². The second-order valence-corrected chi connectivity index (χ2v) is 5.93. The molecule has 0 radical (unpaired) electrons. The number of aromatic nitrogens is 1. The Bertz CT molecular complexity index is 558. The van der Waals surface area contributed by atoms with E-state index < -0.39 is 5.54 Å². The van der Waals surface area contributed by atoms with Crippen LogP contribution >= 0.6 is 11.3 Å². The summed E-state index contributed by atoms with van der Waals surface area (Å²) in [6.45, 7) is 4.15. The molecule has 2 aromatic rings. The molecule has 0 saturated carbocycles. The van der Waals surface area contributed by atoms with Gasteiger partial charge in [0.2, 0.25) is 0 Å². The van der Waals surface area contributed by atoms with Crippen LogP contribution in [0.2, 0.25) is 0 Å². The highest BCUT2D eigenvalue weighted by molar-refractivity contribution is 7.13. The Hall–Kier alpha value is -1.72. The fourth-order valence-corrected chi connectivity index (χ4v) is 2.30. The predicted molar refractivity (Wildman–Crippen MR) is 78.1 cm³/mol. The molecule has 0 fully saturated rings. The maximum Gasteiger partial charge on any atom is 0.270 e. The number of carbonyl (C=O) groups is 1. The fraction of sp³-hybridized carbons (Fsp3) is 0.286. The van der Waals surface area contributed by atoms with Crippen molar-refractivity contribution >= 4 is 17.2 Å². The molecule has 0 bridgehead atoms. The smallest absolute Gasteiger partial charge is 0.270 e. The van der Waals surface area contributed by atoms with Crippen molar-refractivity contribution in [2.24, 2.45) is 5.73 Å². The number of hydrogen-bond donors (Lipinski definition) is 2. The Kier molecular flexibility index (Phi) is 3.97. The Morgan fingerprint density at radius 3 is 2.68 bits per heavy atom. The van der Waals surface area contributed by atoms with Crippen molar-refractivity contribution in [3.8, 4) is 10.6 Å². The third-order valence-corrected chi connectivity index (χ3v) is 3.35. The molecule has 1 heterocycles. The van der Waals surface area contributed by atoms with Crippen molar-refractivity contribution < 1.29 is 4.79 Å². The van der Waals surface area contributed by atoms with Gasteiger partial charge in [0.15, 0.2) is 0 Å². The van der Waals surface area contributed by atoms with Crippen LogP contribution in [0.5, 0.6) is 0 Å². The largest absolute Gasteiger partial charge is 0.349 e. The van der Waals surface area contributed by atoms with Gasteiger partial charge in [-0.15, -0.1) is 11.3 Å². The lowest BCUT2D eigenvalue weighted by molar-refractivity contribution is 0.0942. The van der Waals surface area contributed by atoms with E-state index in [4.69, 9.17) is 5.73 Å². The average Bonchev–Trinajstić information content (AvgIpc) is 2.86. The zero-order chi connectivity index (χ0) is 13.9. The van der Waals surface area contributed by atoms with Crippen molar-refractivity contribution in [2.45, 2.75) is 19.4 Å². The Morgan fingerprint density at radius 1 is 1.37 bits per heavy atom. The molecule has 1 amide bonds. The molecule has 0 unspecified atom stereocenters. The van der Waals surface area contributed by atoms with Crippen molar-refractivity contribution in [3.05, 3.63) is 41.4 Å². The van der Waals surface area contributed by atoms with E-state index in [1.54, 1.807) is 5.38 Å². The molecule has 2 rings (SSSR count). The normalized spacial score (nSPS) is 11.3. The summed E-state index contributed by atoms with van der Waals surface area (Å²) in [5, 5.41) is 5.39. The van der Waals surface area contributed by atoms with Gasteiger partial charge in [-0.3, -0.25) is 4.79 Å². The van der Waals surface area contributed by atoms with Crippen molar-refractivity contribution in [1.82, 2.24) is 10.3 Å². The molecule has 0 atom stereocenters. The highest BCUT2D eigenvalue weighted by atomic mass is 32.1. The fourth-order valence-electron chi connectivity index (χ4n) is 1.49. The summed E-state index contributed by atoms with van der Waals surface area (Å²) >= 11 is 1.46. The van der Waals surface area contributed by atoms with Gasteiger partial charge in [0, 0.05) is 23.0 Å². The number of thiazole rings is 1. The number of hydrogen-bond acceptors (Lipinski definition) is 4. The summed E-state index contributed by atoms with van der Waals surface area (Å²) in [6.07, 6.45) is 0. The van der Waals surface area contributed by atoms with Crippen LogP contribution in [0.1, 0.15) is 24.3 Å². The summed E-state index contributed by atoms with van der Waals surface area (Å²) in [7, 11) is 0. The Labute approximate surface area is 116 Å². The topological polar surface area (TPSA) is 68.0 Å². The minimum absolute atomic E-state index is 0.183. The lowest BCUT2D eigenvalue weighted by Crippen LogP contribution is -2.45. The molecule has 4 nitrogen and oxygen atoms in total. The van der Waals surface area contributed by atoms with E-state index in [0.29, 0.717) is 12.2 Å². The third-order valence-electron chi connectivity index (χ3n) is 2.46. The SMILES string of the molecule is CC(C)(N)CNC(=O)c1csc(-c2ccccc2)n1. The second kappa shape index (κ2) is 5.50. The van der Waals surface area contributed by atoms with Crippen LogP contribution in [-0.4, -0.2) is 23.0 Å². The minimum atomic E-state index is -0.423. The first-order valence-corrected chi connectivity index (χ1v) is 6.92. The third kappa shape index (κ3) is 3.87. The first kappa shape index (κ1) is 13.7. The highest BCUT2D eigenvalue weighted by Gasteiger charge is 2.15. The molecule has 0 aliphatic carbocycles. The molecule has 0 spiro atoms. The lowest BCUT2D eigenvalue weighted by Gasteiger charge is -2.18. The standard InChI is InChI=1S/C14H17N3OS/c1-14(2,15)9-16-12(18)11-8-19-13(17-11)10-6-4-3-5-7-10/h3-8H,9,15H2,1-2H3,(H,16,18). The van der Waals surface area contributed by atoms with Crippen LogP contribution in [0.4, 0.5) is 0 Å². The first-order valence-electron chi connectivity index (χ1n) is 6.04. The molecule has 0 aliphatic rings. The molecule has 0 aliphatic heterocycles. The molecular weight excluding hydrogens is 258 g/mol. The number of carbonyl (C=O) groups excluding carboxylic acids is 1. The molecular formula is C14H17N3OS. The molecule has 0 saturated heterocycles. The highest BCUT2D eigenvalue weighted by Crippen LogP contribution is 2.23. The molecule has 19 heavy (non-hydrogen) atoms. The average molecular weight is 275 g/mol. The number of rotatable bonds is 4. The van der Waals surface area contributed by atoms with Gasteiger partial charge in [0.1, 0.15) is 10.7 Å². The first-order chi connectivity index (χ1) is 8.96. The molecule has 1 aromatic heterocycles. The number of nitrogens with one attached hydrogen (secondary N) is 1. The van der Waals surface area contributed by atoms with E-state index in [1.165, 1.54) is 11.3 Å². The molecule has 5 heteroatoms. The van der Waals surface area contributed by atoms with Crippen LogP contribution in [-0.2, 0) is 0 Å². The van der Waals surface area contributed by atoms with E-state index in [2.05, 4.69) is 10.3 Å². The summed E-state index contributed by atoms with van der Waals surface area (Å²) < 4.78 is 0. The van der Waals surface area contributed by atoms with Gasteiger partial charge in [-0.1, -0.05) is 30.3 Å². The Morgan fingerprint density at radius 2 is 2.05 bits per heavy atom. The van der Waals surface area contributed by atoms with E-state index in [9.17, 15) is 4.79 Å². The van der Waals surface area contributed by atoms with Gasteiger partial charge >= 0.3 is 0 Å². The van der Waals surface area contributed by atoms with Gasteiger partial charge in [0.05, 0.1) is 0 Å². The van der Waals surface area contributed by atoms with Crippen LogP contribution in [0, 0.1) is 0 Å². The van der Waals surface area contributed by atoms with Crippen LogP contribution in [0.25, 0.3) is 10.6 Å². The number of benzene rings is 1. The molecule has 1 aromatic carbocycles. The summed E-state index contributed by atoms with van der Waals surface area (Å²) in [5.74, 6) is -0.183. The number of nitrogens with zero attached hydrogens (tertiary/aromatic N) is 1. The monoisotopic (exact) mass is 275 g/mol. The van der Waals surface area contributed by atoms with E-state index in [0.717, 1.165) is 10.6 Å². The van der Waals surface area contributed by atoms with E-state index in [-0.39, 0.29) is 5.91 Å². The van der Waals surface area contributed by atoms with Crippen molar-refractivity contribution in [1.29, 1.82) is 0 Å². The summed E-state index contributed by atoms with van der Waals surface area (Å²) in [4.78, 5) is 16.3. The maximum absolute atomic E-state index is 11.9. The Balaban J connectivity index is 2.07. The quantitative estimate of drug-likeness (QED) is 0.899. The lowest BCUT2D eigenvalue weighted by atomic mass is 10.1. The predicted octanol–water partition coefficient (Wildman–Crippen LogP) is 2.28. The van der Waals surface area contributed by atoms with Crippen LogP contribution in [0.3, 0.4) is 0 Å². The van der Waals surface area contributed by atoms with E-state index in [1.807, 2.05) is 44.2 Å². The number of nitrogens with two attached hydrogens (primary N) is 1. The van der Waals surface area contributed by atoms with Gasteiger partial charge in [-0.05, 0) is 13.8 Å². The minimum Gasteiger partial charge on any atom is -0.349 e. The van der Waals surface area contributed by atoms with Gasteiger partial charge in [-0.2, -0.15) is 0 Å².